The van der Waals surface area contributed by atoms with Gasteiger partial charge in [0.25, 0.3) is 11.8 Å². The number of halogens is 2. The lowest BCUT2D eigenvalue weighted by Crippen LogP contribution is -2.37. The third kappa shape index (κ3) is 5.65. The topological polar surface area (TPSA) is 114 Å². The van der Waals surface area contributed by atoms with Crippen molar-refractivity contribution in [1.82, 2.24) is 15.2 Å². The van der Waals surface area contributed by atoms with Crippen LogP contribution in [-0.4, -0.2) is 62.1 Å². The normalized spacial score (nSPS) is 14.5. The SMILES string of the molecule is Cc1ccc(NC(=O)c2ccnc(C(C)(F)F)c2)cc1-c1cc(N2CCOCC2)c(S(C)(=O)=O)nn1. The summed E-state index contributed by atoms with van der Waals surface area (Å²) in [7, 11) is -3.63. The van der Waals surface area contributed by atoms with E-state index in [9.17, 15) is 22.0 Å². The van der Waals surface area contributed by atoms with Crippen molar-refractivity contribution in [1.29, 1.82) is 0 Å². The maximum atomic E-state index is 13.6. The Labute approximate surface area is 207 Å². The van der Waals surface area contributed by atoms with Crippen molar-refractivity contribution in [2.45, 2.75) is 24.8 Å². The highest BCUT2D eigenvalue weighted by atomic mass is 32.2. The Kier molecular flexibility index (Phi) is 7.01. The van der Waals surface area contributed by atoms with E-state index in [1.807, 2.05) is 11.8 Å². The predicted octanol–water partition coefficient (Wildman–Crippen LogP) is 3.45. The fourth-order valence-corrected chi connectivity index (χ4v) is 4.55. The van der Waals surface area contributed by atoms with E-state index in [0.717, 1.165) is 24.1 Å². The zero-order chi connectivity index (χ0) is 26.1. The van der Waals surface area contributed by atoms with Gasteiger partial charge < -0.3 is 15.0 Å². The number of benzene rings is 1. The van der Waals surface area contributed by atoms with Gasteiger partial charge in [0, 0.05) is 49.3 Å². The van der Waals surface area contributed by atoms with Crippen LogP contribution in [0.15, 0.2) is 47.6 Å². The van der Waals surface area contributed by atoms with Crippen LogP contribution < -0.4 is 10.2 Å². The van der Waals surface area contributed by atoms with Gasteiger partial charge in [0.05, 0.1) is 24.6 Å². The Morgan fingerprint density at radius 1 is 1.11 bits per heavy atom. The van der Waals surface area contributed by atoms with Gasteiger partial charge in [0.1, 0.15) is 5.69 Å². The number of alkyl halides is 2. The molecule has 3 aromatic rings. The average molecular weight is 518 g/mol. The van der Waals surface area contributed by atoms with Gasteiger partial charge in [-0.15, -0.1) is 10.2 Å². The zero-order valence-corrected chi connectivity index (χ0v) is 20.8. The number of nitrogens with one attached hydrogen (secondary N) is 1. The molecule has 0 radical (unpaired) electrons. The highest BCUT2D eigenvalue weighted by Gasteiger charge is 2.27. The second kappa shape index (κ2) is 9.86. The number of aromatic nitrogens is 3. The van der Waals surface area contributed by atoms with Crippen molar-refractivity contribution >= 4 is 27.1 Å². The second-order valence-electron chi connectivity index (χ2n) is 8.59. The van der Waals surface area contributed by atoms with Crippen LogP contribution >= 0.6 is 0 Å². The summed E-state index contributed by atoms with van der Waals surface area (Å²) < 4.78 is 57.3. The van der Waals surface area contributed by atoms with E-state index >= 15 is 0 Å². The summed E-state index contributed by atoms with van der Waals surface area (Å²) in [5.74, 6) is -3.76. The molecular formula is C24H25F2N5O4S. The smallest absolute Gasteiger partial charge is 0.286 e. The summed E-state index contributed by atoms with van der Waals surface area (Å²) >= 11 is 0. The number of nitrogens with zero attached hydrogens (tertiary/aromatic N) is 4. The van der Waals surface area contributed by atoms with Gasteiger partial charge in [-0.2, -0.15) is 8.78 Å². The molecule has 190 valence electrons. The standard InChI is InChI=1S/C24H25F2N5O4S/c1-15-4-5-17(28-22(32)16-6-7-27-21(12-16)24(2,25)26)13-18(15)19-14-20(31-8-10-35-11-9-31)23(30-29-19)36(3,33)34/h4-7,12-14H,8-11H2,1-3H3,(H,28,32). The first-order chi connectivity index (χ1) is 16.9. The fraction of sp³-hybridized carbons (Fsp3) is 0.333. The van der Waals surface area contributed by atoms with Gasteiger partial charge in [0.15, 0.2) is 9.84 Å². The minimum Gasteiger partial charge on any atom is -0.378 e. The van der Waals surface area contributed by atoms with Crippen LogP contribution in [0, 0.1) is 6.92 Å². The number of hydrogen-bond acceptors (Lipinski definition) is 8. The Balaban J connectivity index is 1.68. The lowest BCUT2D eigenvalue weighted by atomic mass is 10.0. The summed E-state index contributed by atoms with van der Waals surface area (Å²) in [6.07, 6.45) is 2.25. The van der Waals surface area contributed by atoms with Crippen molar-refractivity contribution in [3.05, 3.63) is 59.4 Å². The van der Waals surface area contributed by atoms with Gasteiger partial charge in [-0.25, -0.2) is 8.42 Å². The van der Waals surface area contributed by atoms with E-state index in [1.54, 1.807) is 24.3 Å². The maximum Gasteiger partial charge on any atom is 0.286 e. The second-order valence-corrected chi connectivity index (χ2v) is 10.5. The van der Waals surface area contributed by atoms with Gasteiger partial charge >= 0.3 is 0 Å². The van der Waals surface area contributed by atoms with Gasteiger partial charge in [-0.3, -0.25) is 9.78 Å². The molecular weight excluding hydrogens is 492 g/mol. The molecule has 12 heteroatoms. The Bertz CT molecular complexity index is 1400. The van der Waals surface area contributed by atoms with E-state index in [0.29, 0.717) is 55.9 Å². The lowest BCUT2D eigenvalue weighted by Gasteiger charge is -2.29. The third-order valence-corrected chi connectivity index (χ3v) is 6.68. The molecule has 1 fully saturated rings. The van der Waals surface area contributed by atoms with E-state index < -0.39 is 27.4 Å². The average Bonchev–Trinajstić information content (AvgIpc) is 2.84. The number of ether oxygens (including phenoxy) is 1. The number of carbonyl (C=O) groups excluding carboxylic acids is 1. The number of anilines is 2. The molecule has 0 bridgehead atoms. The molecule has 0 aliphatic carbocycles. The molecule has 1 aromatic carbocycles. The summed E-state index contributed by atoms with van der Waals surface area (Å²) in [5, 5.41) is 10.8. The Morgan fingerprint density at radius 3 is 2.50 bits per heavy atom. The molecule has 0 atom stereocenters. The number of morpholine rings is 1. The number of carbonyl (C=O) groups is 1. The van der Waals surface area contributed by atoms with Gasteiger partial charge in [0.2, 0.25) is 5.03 Å². The van der Waals surface area contributed by atoms with Gasteiger partial charge in [-0.1, -0.05) is 6.07 Å². The minimum atomic E-state index is -3.63. The largest absolute Gasteiger partial charge is 0.378 e. The summed E-state index contributed by atoms with van der Waals surface area (Å²) in [5.41, 5.74) is 2.25. The first-order valence-corrected chi connectivity index (χ1v) is 13.0. The maximum absolute atomic E-state index is 13.6. The highest BCUT2D eigenvalue weighted by Crippen LogP contribution is 2.31. The molecule has 1 aliphatic heterocycles. The van der Waals surface area contributed by atoms with Crippen LogP contribution in [0.2, 0.25) is 0 Å². The van der Waals surface area contributed by atoms with Crippen LogP contribution in [-0.2, 0) is 20.5 Å². The quantitative estimate of drug-likeness (QED) is 0.529. The molecule has 36 heavy (non-hydrogen) atoms. The van der Waals surface area contributed by atoms with Crippen LogP contribution in [0.3, 0.4) is 0 Å². The van der Waals surface area contributed by atoms with Crippen LogP contribution in [0.1, 0.15) is 28.5 Å². The van der Waals surface area contributed by atoms with E-state index in [2.05, 4.69) is 20.5 Å². The summed E-state index contributed by atoms with van der Waals surface area (Å²) in [6, 6.07) is 9.19. The molecule has 0 saturated carbocycles. The Morgan fingerprint density at radius 2 is 1.83 bits per heavy atom. The summed E-state index contributed by atoms with van der Waals surface area (Å²) in [4.78, 5) is 18.3. The number of aryl methyl sites for hydroxylation is 1. The van der Waals surface area contributed by atoms with Crippen molar-refractivity contribution in [3.63, 3.8) is 0 Å². The van der Waals surface area contributed by atoms with Crippen LogP contribution in [0.5, 0.6) is 0 Å². The van der Waals surface area contributed by atoms with Crippen LogP contribution in [0.4, 0.5) is 20.2 Å². The molecule has 0 spiro atoms. The third-order valence-electron chi connectivity index (χ3n) is 5.69. The van der Waals surface area contributed by atoms with E-state index in [1.165, 1.54) is 6.07 Å². The fourth-order valence-electron chi connectivity index (χ4n) is 3.79. The van der Waals surface area contributed by atoms with Crippen LogP contribution in [0.25, 0.3) is 11.3 Å². The predicted molar refractivity (Wildman–Crippen MR) is 130 cm³/mol. The number of sulfone groups is 1. The number of pyridine rings is 1. The van der Waals surface area contributed by atoms with Crippen molar-refractivity contribution in [2.75, 3.05) is 42.8 Å². The van der Waals surface area contributed by atoms with Gasteiger partial charge in [-0.05, 0) is 42.8 Å². The highest BCUT2D eigenvalue weighted by molar-refractivity contribution is 7.90. The summed E-state index contributed by atoms with van der Waals surface area (Å²) in [6.45, 7) is 4.50. The van der Waals surface area contributed by atoms with E-state index in [4.69, 9.17) is 4.74 Å². The number of hydrogen-bond donors (Lipinski definition) is 1. The molecule has 1 saturated heterocycles. The number of rotatable bonds is 6. The Hall–Kier alpha value is -3.51. The first kappa shape index (κ1) is 25.6. The van der Waals surface area contributed by atoms with E-state index in [-0.39, 0.29) is 10.6 Å². The molecule has 3 heterocycles. The molecule has 9 nitrogen and oxygen atoms in total. The minimum absolute atomic E-state index is 0.0375. The van der Waals surface area contributed by atoms with Crippen molar-refractivity contribution in [3.8, 4) is 11.3 Å². The molecule has 1 aliphatic rings. The molecule has 4 rings (SSSR count). The molecule has 1 amide bonds. The van der Waals surface area contributed by atoms with Crippen molar-refractivity contribution < 1.29 is 26.7 Å². The molecule has 1 N–H and O–H groups in total. The number of amides is 1. The zero-order valence-electron chi connectivity index (χ0n) is 20.0. The first-order valence-electron chi connectivity index (χ1n) is 11.1. The molecule has 2 aromatic heterocycles. The van der Waals surface area contributed by atoms with Crippen molar-refractivity contribution in [2.24, 2.45) is 0 Å². The lowest BCUT2D eigenvalue weighted by molar-refractivity contribution is 0.0127. The monoisotopic (exact) mass is 517 g/mol. The molecule has 0 unspecified atom stereocenters.